The molecule has 0 radical (unpaired) electrons. The molecule has 0 saturated heterocycles. The molecule has 1 aromatic rings. The quantitative estimate of drug-likeness (QED) is 0.418. The average Bonchev–Trinajstić information content (AvgIpc) is 2.54. The SMILES string of the molecule is C=C/C=C(\C=C/C)C(CC(=N)c1ccc(Br)cc1)NC(=C)CC. The highest BCUT2D eigenvalue weighted by molar-refractivity contribution is 9.10. The second kappa shape index (κ2) is 10.0. The first-order valence-corrected chi connectivity index (χ1v) is 8.54. The molecule has 23 heavy (non-hydrogen) atoms. The molecular formula is C20H25BrN2. The smallest absolute Gasteiger partial charge is 0.0565 e. The lowest BCUT2D eigenvalue weighted by molar-refractivity contribution is 0.654. The van der Waals surface area contributed by atoms with Crippen molar-refractivity contribution in [2.24, 2.45) is 0 Å². The van der Waals surface area contributed by atoms with Crippen LogP contribution in [0.2, 0.25) is 0 Å². The minimum atomic E-state index is 0.00722. The molecule has 2 N–H and O–H groups in total. The highest BCUT2D eigenvalue weighted by Gasteiger charge is 2.15. The third-order valence-corrected chi connectivity index (χ3v) is 4.01. The van der Waals surface area contributed by atoms with Crippen molar-refractivity contribution in [3.8, 4) is 0 Å². The molecular weight excluding hydrogens is 348 g/mol. The summed E-state index contributed by atoms with van der Waals surface area (Å²) in [7, 11) is 0. The molecule has 0 fully saturated rings. The van der Waals surface area contributed by atoms with Gasteiger partial charge in [0.2, 0.25) is 0 Å². The van der Waals surface area contributed by atoms with Crippen LogP contribution >= 0.6 is 15.9 Å². The fraction of sp³-hybridized carbons (Fsp3) is 0.250. The maximum absolute atomic E-state index is 8.43. The van der Waals surface area contributed by atoms with Gasteiger partial charge in [-0.1, -0.05) is 72.4 Å². The van der Waals surface area contributed by atoms with Crippen molar-refractivity contribution in [1.29, 1.82) is 5.41 Å². The normalized spacial score (nSPS) is 12.9. The minimum Gasteiger partial charge on any atom is -0.382 e. The number of halogens is 1. The number of benzene rings is 1. The fourth-order valence-electron chi connectivity index (χ4n) is 2.19. The summed E-state index contributed by atoms with van der Waals surface area (Å²) in [5.74, 6) is 0. The predicted octanol–water partition coefficient (Wildman–Crippen LogP) is 5.78. The van der Waals surface area contributed by atoms with E-state index in [-0.39, 0.29) is 6.04 Å². The summed E-state index contributed by atoms with van der Waals surface area (Å²) in [6.07, 6.45) is 9.26. The molecule has 0 spiro atoms. The van der Waals surface area contributed by atoms with E-state index in [1.807, 2.05) is 43.3 Å². The van der Waals surface area contributed by atoms with E-state index >= 15 is 0 Å². The summed E-state index contributed by atoms with van der Waals surface area (Å²) in [4.78, 5) is 0. The van der Waals surface area contributed by atoms with Gasteiger partial charge in [-0.25, -0.2) is 0 Å². The van der Waals surface area contributed by atoms with E-state index in [0.29, 0.717) is 12.1 Å². The molecule has 0 heterocycles. The van der Waals surface area contributed by atoms with E-state index in [1.54, 1.807) is 6.08 Å². The Balaban J connectivity index is 3.01. The first-order chi connectivity index (χ1) is 11.0. The van der Waals surface area contributed by atoms with Gasteiger partial charge in [-0.05, 0) is 36.6 Å². The Kier molecular flexibility index (Phi) is 8.35. The number of rotatable bonds is 9. The summed E-state index contributed by atoms with van der Waals surface area (Å²) in [5.41, 5.74) is 3.59. The van der Waals surface area contributed by atoms with Crippen LogP contribution in [0.1, 0.15) is 32.3 Å². The van der Waals surface area contributed by atoms with Crippen LogP contribution in [0.5, 0.6) is 0 Å². The summed E-state index contributed by atoms with van der Waals surface area (Å²) in [5, 5.41) is 11.9. The lowest BCUT2D eigenvalue weighted by Gasteiger charge is -2.23. The zero-order valence-corrected chi connectivity index (χ0v) is 15.5. The van der Waals surface area contributed by atoms with Crippen molar-refractivity contribution < 1.29 is 0 Å². The molecule has 2 nitrogen and oxygen atoms in total. The number of hydrogen-bond donors (Lipinski definition) is 2. The molecule has 0 aliphatic heterocycles. The first kappa shape index (κ1) is 19.2. The van der Waals surface area contributed by atoms with Gasteiger partial charge in [0, 0.05) is 22.3 Å². The third kappa shape index (κ3) is 6.41. The van der Waals surface area contributed by atoms with Crippen LogP contribution in [0.3, 0.4) is 0 Å². The van der Waals surface area contributed by atoms with E-state index in [4.69, 9.17) is 5.41 Å². The van der Waals surface area contributed by atoms with Crippen LogP contribution in [-0.2, 0) is 0 Å². The fourth-order valence-corrected chi connectivity index (χ4v) is 2.45. The van der Waals surface area contributed by atoms with Gasteiger partial charge in [0.25, 0.3) is 0 Å². The lowest BCUT2D eigenvalue weighted by Crippen LogP contribution is -2.32. The Morgan fingerprint density at radius 2 is 2.00 bits per heavy atom. The van der Waals surface area contributed by atoms with Crippen molar-refractivity contribution in [1.82, 2.24) is 5.32 Å². The summed E-state index contributed by atoms with van der Waals surface area (Å²) < 4.78 is 1.02. The van der Waals surface area contributed by atoms with E-state index in [0.717, 1.165) is 27.7 Å². The molecule has 0 aliphatic carbocycles. The second-order valence-corrected chi connectivity index (χ2v) is 6.16. The molecule has 1 unspecified atom stereocenters. The van der Waals surface area contributed by atoms with Gasteiger partial charge in [-0.15, -0.1) is 0 Å². The van der Waals surface area contributed by atoms with Gasteiger partial charge in [-0.2, -0.15) is 0 Å². The molecule has 0 aromatic heterocycles. The van der Waals surface area contributed by atoms with Crippen LogP contribution in [0.15, 0.2) is 77.5 Å². The Hall–Kier alpha value is -1.87. The Labute approximate surface area is 148 Å². The minimum absolute atomic E-state index is 0.00722. The van der Waals surface area contributed by atoms with Gasteiger partial charge >= 0.3 is 0 Å². The molecule has 0 saturated carbocycles. The van der Waals surface area contributed by atoms with Gasteiger partial charge in [-0.3, -0.25) is 0 Å². The summed E-state index contributed by atoms with van der Waals surface area (Å²) in [6.45, 7) is 11.9. The van der Waals surface area contributed by atoms with Gasteiger partial charge in [0.15, 0.2) is 0 Å². The standard InChI is InChI=1S/C20H25BrN2/c1-5-8-17(9-6-2)20(23-15(4)7-3)14-19(22)16-10-12-18(21)13-11-16/h5-6,8-13,20,22-23H,1,4,7,14H2,2-3H3/b9-6-,17-8+,22-19?. The third-order valence-electron chi connectivity index (χ3n) is 3.48. The van der Waals surface area contributed by atoms with Crippen molar-refractivity contribution >= 4 is 21.6 Å². The topological polar surface area (TPSA) is 35.9 Å². The maximum Gasteiger partial charge on any atom is 0.0565 e. The highest BCUT2D eigenvalue weighted by Crippen LogP contribution is 2.17. The van der Waals surface area contributed by atoms with Gasteiger partial charge < -0.3 is 10.7 Å². The van der Waals surface area contributed by atoms with Crippen LogP contribution < -0.4 is 5.32 Å². The number of hydrogen-bond acceptors (Lipinski definition) is 2. The van der Waals surface area contributed by atoms with E-state index in [2.05, 4.69) is 47.4 Å². The highest BCUT2D eigenvalue weighted by atomic mass is 79.9. The van der Waals surface area contributed by atoms with E-state index in [1.165, 1.54) is 0 Å². The maximum atomic E-state index is 8.43. The van der Waals surface area contributed by atoms with E-state index < -0.39 is 0 Å². The zero-order chi connectivity index (χ0) is 17.2. The average molecular weight is 373 g/mol. The molecule has 1 atom stereocenters. The second-order valence-electron chi connectivity index (χ2n) is 5.25. The molecule has 122 valence electrons. The van der Waals surface area contributed by atoms with Crippen LogP contribution in [-0.4, -0.2) is 11.8 Å². The molecule has 3 heteroatoms. The van der Waals surface area contributed by atoms with Crippen LogP contribution in [0, 0.1) is 5.41 Å². The molecule has 0 bridgehead atoms. The predicted molar refractivity (Wildman–Crippen MR) is 105 cm³/mol. The van der Waals surface area contributed by atoms with Crippen molar-refractivity contribution in [2.75, 3.05) is 0 Å². The lowest BCUT2D eigenvalue weighted by atomic mass is 9.96. The molecule has 0 aliphatic rings. The Morgan fingerprint density at radius 1 is 1.35 bits per heavy atom. The van der Waals surface area contributed by atoms with Crippen LogP contribution in [0.25, 0.3) is 0 Å². The summed E-state index contributed by atoms with van der Waals surface area (Å²) in [6, 6.07) is 7.86. The number of allylic oxidation sites excluding steroid dienone is 4. The van der Waals surface area contributed by atoms with Crippen LogP contribution in [0.4, 0.5) is 0 Å². The van der Waals surface area contributed by atoms with Crippen molar-refractivity contribution in [3.05, 3.63) is 83.0 Å². The van der Waals surface area contributed by atoms with Crippen molar-refractivity contribution in [2.45, 2.75) is 32.7 Å². The van der Waals surface area contributed by atoms with Gasteiger partial charge in [0.05, 0.1) is 6.04 Å². The number of nitrogens with one attached hydrogen (secondary N) is 2. The Morgan fingerprint density at radius 3 is 2.52 bits per heavy atom. The van der Waals surface area contributed by atoms with E-state index in [9.17, 15) is 0 Å². The van der Waals surface area contributed by atoms with Crippen molar-refractivity contribution in [3.63, 3.8) is 0 Å². The molecule has 1 rings (SSSR count). The summed E-state index contributed by atoms with van der Waals surface area (Å²) >= 11 is 3.43. The monoisotopic (exact) mass is 372 g/mol. The molecule has 0 amide bonds. The largest absolute Gasteiger partial charge is 0.382 e. The first-order valence-electron chi connectivity index (χ1n) is 7.74. The zero-order valence-electron chi connectivity index (χ0n) is 13.9. The Bertz CT molecular complexity index is 609. The van der Waals surface area contributed by atoms with Gasteiger partial charge in [0.1, 0.15) is 0 Å². The molecule has 1 aromatic carbocycles.